The van der Waals surface area contributed by atoms with Crippen molar-refractivity contribution in [2.75, 3.05) is 33.0 Å². The molecule has 1 aliphatic carbocycles. The van der Waals surface area contributed by atoms with Gasteiger partial charge in [0.05, 0.1) is 18.6 Å². The Morgan fingerprint density at radius 1 is 1.00 bits per heavy atom. The first kappa shape index (κ1) is 29.8. The minimum atomic E-state index is -5.08. The van der Waals surface area contributed by atoms with Gasteiger partial charge >= 0.3 is 24.3 Å². The average Bonchev–Trinajstić information content (AvgIpc) is 3.52. The van der Waals surface area contributed by atoms with E-state index in [0.29, 0.717) is 11.8 Å². The zero-order valence-electron chi connectivity index (χ0n) is 19.3. The highest BCUT2D eigenvalue weighted by molar-refractivity contribution is 5.73. The van der Waals surface area contributed by atoms with Crippen molar-refractivity contribution in [2.45, 2.75) is 57.0 Å². The third kappa shape index (κ3) is 10.3. The number of aliphatic carboxylic acids is 2. The molecule has 1 saturated carbocycles. The van der Waals surface area contributed by atoms with Crippen LogP contribution in [0.15, 0.2) is 6.33 Å². The lowest BCUT2D eigenvalue weighted by Gasteiger charge is -2.27. The van der Waals surface area contributed by atoms with Crippen molar-refractivity contribution in [3.8, 4) is 0 Å². The average molecular weight is 533 g/mol. The van der Waals surface area contributed by atoms with Crippen molar-refractivity contribution in [1.82, 2.24) is 14.9 Å². The fraction of sp³-hybridized carbons (Fsp3) is 0.762. The van der Waals surface area contributed by atoms with Crippen molar-refractivity contribution in [2.24, 2.45) is 11.8 Å². The molecule has 2 aliphatic heterocycles. The number of halogens is 6. The molecule has 1 aromatic rings. The molecule has 3 heterocycles. The molecule has 0 spiro atoms. The van der Waals surface area contributed by atoms with E-state index in [2.05, 4.69) is 14.9 Å². The number of ether oxygens (including phenoxy) is 2. The molecule has 2 fully saturated rings. The van der Waals surface area contributed by atoms with Crippen LogP contribution in [0.25, 0.3) is 0 Å². The van der Waals surface area contributed by atoms with Gasteiger partial charge in [-0.25, -0.2) is 14.6 Å². The van der Waals surface area contributed by atoms with Gasteiger partial charge in [0.1, 0.15) is 0 Å². The van der Waals surface area contributed by atoms with E-state index in [1.807, 2.05) is 6.33 Å². The fourth-order valence-corrected chi connectivity index (χ4v) is 3.65. The monoisotopic (exact) mass is 533 g/mol. The normalized spacial score (nSPS) is 20.3. The molecule has 1 atom stereocenters. The van der Waals surface area contributed by atoms with Gasteiger partial charge in [0.25, 0.3) is 0 Å². The van der Waals surface area contributed by atoms with Crippen LogP contribution in [0.4, 0.5) is 26.3 Å². The lowest BCUT2D eigenvalue weighted by molar-refractivity contribution is -0.193. The van der Waals surface area contributed by atoms with Crippen molar-refractivity contribution in [1.29, 1.82) is 0 Å². The molecular weight excluding hydrogens is 504 g/mol. The number of carboxylic acid groups (broad SMARTS) is 2. The zero-order chi connectivity index (χ0) is 26.9. The highest BCUT2D eigenvalue weighted by atomic mass is 19.4. The second kappa shape index (κ2) is 13.2. The van der Waals surface area contributed by atoms with Gasteiger partial charge < -0.3 is 29.6 Å². The number of fused-ring (bicyclic) bond motifs is 1. The Bertz CT molecular complexity index is 826. The zero-order valence-corrected chi connectivity index (χ0v) is 19.3. The molecule has 3 aliphatic rings. The summed E-state index contributed by atoms with van der Waals surface area (Å²) < 4.78 is 77.4. The van der Waals surface area contributed by atoms with E-state index in [9.17, 15) is 26.3 Å². The van der Waals surface area contributed by atoms with Crippen LogP contribution >= 0.6 is 0 Å². The number of carbonyl (C=O) groups is 2. The van der Waals surface area contributed by atoms with E-state index in [4.69, 9.17) is 29.3 Å². The van der Waals surface area contributed by atoms with Gasteiger partial charge in [-0.2, -0.15) is 26.3 Å². The van der Waals surface area contributed by atoms with Gasteiger partial charge in [-0.1, -0.05) is 0 Å². The number of nitrogens with zero attached hydrogens (tertiary/aromatic N) is 2. The van der Waals surface area contributed by atoms with E-state index in [1.54, 1.807) is 0 Å². The lowest BCUT2D eigenvalue weighted by atomic mass is 9.99. The van der Waals surface area contributed by atoms with Crippen molar-refractivity contribution < 1.29 is 55.6 Å². The van der Waals surface area contributed by atoms with Gasteiger partial charge in [-0.3, -0.25) is 0 Å². The van der Waals surface area contributed by atoms with E-state index >= 15 is 0 Å². The van der Waals surface area contributed by atoms with E-state index in [0.717, 1.165) is 64.8 Å². The second-order valence-electron chi connectivity index (χ2n) is 8.70. The molecule has 1 unspecified atom stereocenters. The van der Waals surface area contributed by atoms with Crippen LogP contribution in [-0.4, -0.2) is 77.0 Å². The molecule has 1 saturated heterocycles. The minimum absolute atomic E-state index is 0.449. The van der Waals surface area contributed by atoms with Crippen LogP contribution in [0.3, 0.4) is 0 Å². The summed E-state index contributed by atoms with van der Waals surface area (Å²) in [5.74, 6) is -3.50. The molecule has 15 heteroatoms. The second-order valence-corrected chi connectivity index (χ2v) is 8.70. The molecule has 0 bridgehead atoms. The molecule has 206 valence electrons. The predicted octanol–water partition coefficient (Wildman–Crippen LogP) is 3.19. The van der Waals surface area contributed by atoms with E-state index in [-0.39, 0.29) is 0 Å². The summed E-state index contributed by atoms with van der Waals surface area (Å²) in [5, 5.41) is 17.7. The van der Waals surface area contributed by atoms with Gasteiger partial charge in [0.2, 0.25) is 0 Å². The highest BCUT2D eigenvalue weighted by Crippen LogP contribution is 2.33. The van der Waals surface area contributed by atoms with Crippen LogP contribution in [0.2, 0.25) is 0 Å². The van der Waals surface area contributed by atoms with Crippen LogP contribution in [0, 0.1) is 11.8 Å². The summed E-state index contributed by atoms with van der Waals surface area (Å²) >= 11 is 0. The molecule has 3 N–H and O–H groups in total. The van der Waals surface area contributed by atoms with Crippen LogP contribution in [-0.2, 0) is 32.2 Å². The number of hydrogen-bond acceptors (Lipinski definition) is 6. The Morgan fingerprint density at radius 3 is 2.06 bits per heavy atom. The Morgan fingerprint density at radius 2 is 1.56 bits per heavy atom. The summed E-state index contributed by atoms with van der Waals surface area (Å²) in [6, 6.07) is 0. The Labute approximate surface area is 202 Å². The maximum absolute atomic E-state index is 10.6. The number of nitrogens with one attached hydrogen (secondary N) is 1. The first-order valence-corrected chi connectivity index (χ1v) is 11.3. The van der Waals surface area contributed by atoms with Crippen molar-refractivity contribution in [3.63, 3.8) is 0 Å². The molecule has 0 aromatic carbocycles. The van der Waals surface area contributed by atoms with E-state index < -0.39 is 24.3 Å². The van der Waals surface area contributed by atoms with Gasteiger partial charge in [0, 0.05) is 51.1 Å². The molecule has 0 radical (unpaired) electrons. The van der Waals surface area contributed by atoms with Gasteiger partial charge in [-0.15, -0.1) is 0 Å². The molecule has 1 aromatic heterocycles. The van der Waals surface area contributed by atoms with Crippen LogP contribution in [0.1, 0.15) is 43.0 Å². The van der Waals surface area contributed by atoms with Crippen molar-refractivity contribution >= 4 is 11.9 Å². The first-order valence-electron chi connectivity index (χ1n) is 11.3. The third-order valence-corrected chi connectivity index (χ3v) is 5.68. The number of alkyl halides is 6. The molecule has 4 rings (SSSR count). The minimum Gasteiger partial charge on any atom is -0.475 e. The summed E-state index contributed by atoms with van der Waals surface area (Å²) in [6.07, 6.45) is -3.06. The molecule has 0 amide bonds. The van der Waals surface area contributed by atoms with Gasteiger partial charge in [0.15, 0.2) is 0 Å². The standard InChI is InChI=1S/C17H27N3O2.2C2HF3O2/c1-2-13(1)9-20-12-19-16-8-18-7-15(17(16)20)11-22-10-14-3-5-21-6-4-14;2*3-2(4,5)1(6)7/h12-15,18H,1-11H2;2*(H,6,7). The number of aromatic nitrogens is 2. The predicted molar refractivity (Wildman–Crippen MR) is 111 cm³/mol. The van der Waals surface area contributed by atoms with Gasteiger partial charge in [-0.05, 0) is 37.5 Å². The molecule has 9 nitrogen and oxygen atoms in total. The molecule has 36 heavy (non-hydrogen) atoms. The number of rotatable bonds is 6. The maximum Gasteiger partial charge on any atom is 0.490 e. The Hall–Kier alpha value is -2.39. The Kier molecular flexibility index (Phi) is 11.0. The largest absolute Gasteiger partial charge is 0.490 e. The first-order chi connectivity index (χ1) is 16.8. The van der Waals surface area contributed by atoms with Crippen molar-refractivity contribution in [3.05, 3.63) is 17.7 Å². The summed E-state index contributed by atoms with van der Waals surface area (Å²) in [4.78, 5) is 22.4. The lowest BCUT2D eigenvalue weighted by Crippen LogP contribution is -2.33. The fourth-order valence-electron chi connectivity index (χ4n) is 3.65. The smallest absolute Gasteiger partial charge is 0.475 e. The number of hydrogen-bond donors (Lipinski definition) is 3. The SMILES string of the molecule is O=C(O)C(F)(F)F.O=C(O)C(F)(F)F.c1nc2c(n1CC1CC1)C(COCC1CCOCC1)CNC2. The van der Waals surface area contributed by atoms with E-state index in [1.165, 1.54) is 24.2 Å². The summed E-state index contributed by atoms with van der Waals surface area (Å²) in [6.45, 7) is 6.56. The number of carboxylic acids is 2. The summed E-state index contributed by atoms with van der Waals surface area (Å²) in [5.41, 5.74) is 2.66. The van der Waals surface area contributed by atoms with Crippen LogP contribution in [0.5, 0.6) is 0 Å². The quantitative estimate of drug-likeness (QED) is 0.477. The molecular formula is C21H29F6N3O6. The third-order valence-electron chi connectivity index (χ3n) is 5.68. The topological polar surface area (TPSA) is 123 Å². The highest BCUT2D eigenvalue weighted by Gasteiger charge is 2.39. The Balaban J connectivity index is 0.000000271. The maximum atomic E-state index is 10.6. The summed E-state index contributed by atoms with van der Waals surface area (Å²) in [7, 11) is 0. The number of imidazole rings is 1. The van der Waals surface area contributed by atoms with Crippen LogP contribution < -0.4 is 5.32 Å².